The lowest BCUT2D eigenvalue weighted by Gasteiger charge is -2.16. The Kier molecular flexibility index (Phi) is 17.1. The summed E-state index contributed by atoms with van der Waals surface area (Å²) in [6, 6.07) is 0.165. The van der Waals surface area contributed by atoms with Crippen LogP contribution in [-0.2, 0) is 9.53 Å². The van der Waals surface area contributed by atoms with Gasteiger partial charge in [-0.3, -0.25) is 4.79 Å². The number of hydrogen-bond acceptors (Lipinski definition) is 3. The summed E-state index contributed by atoms with van der Waals surface area (Å²) in [7, 11) is 1.41. The van der Waals surface area contributed by atoms with Crippen LogP contribution in [0.4, 0.5) is 0 Å². The molecule has 0 aromatic carbocycles. The highest BCUT2D eigenvalue weighted by Crippen LogP contribution is 2.06. The van der Waals surface area contributed by atoms with Gasteiger partial charge in [0.25, 0.3) is 0 Å². The molecule has 3 unspecified atom stereocenters. The zero-order chi connectivity index (χ0) is 12.6. The van der Waals surface area contributed by atoms with Gasteiger partial charge in [-0.05, 0) is 19.8 Å². The van der Waals surface area contributed by atoms with Crippen molar-refractivity contribution in [3.05, 3.63) is 0 Å². The summed E-state index contributed by atoms with van der Waals surface area (Å²) in [5.41, 5.74) is 7.89. The Bertz CT molecular complexity index is 207. The minimum Gasteiger partial charge on any atom is -1.00 e. The molecule has 7 N–H and O–H groups in total. The normalized spacial score (nSPS) is 14.7. The highest BCUT2D eigenvalue weighted by atomic mass is 35.5. The molecule has 0 bridgehead atoms. The van der Waals surface area contributed by atoms with E-state index < -0.39 is 6.10 Å². The lowest BCUT2D eigenvalue weighted by molar-refractivity contribution is -0.539. The number of rotatable bonds is 8. The molecule has 0 saturated heterocycles. The van der Waals surface area contributed by atoms with E-state index in [1.54, 1.807) is 6.92 Å². The molecule has 0 saturated carbocycles. The van der Waals surface area contributed by atoms with Crippen LogP contribution in [0.2, 0.25) is 0 Å². The van der Waals surface area contributed by atoms with E-state index >= 15 is 0 Å². The summed E-state index contributed by atoms with van der Waals surface area (Å²) >= 11 is 0. The van der Waals surface area contributed by atoms with Gasteiger partial charge in [0.1, 0.15) is 12.1 Å². The molecule has 3 atom stereocenters. The van der Waals surface area contributed by atoms with Gasteiger partial charge in [0.05, 0.1) is 7.11 Å². The molecule has 7 heteroatoms. The van der Waals surface area contributed by atoms with Crippen molar-refractivity contribution in [2.24, 2.45) is 0 Å². The monoisotopic (exact) mass is 304 g/mol. The summed E-state index contributed by atoms with van der Waals surface area (Å²) in [6.45, 7) is 1.74. The topological polar surface area (TPSA) is 102 Å². The van der Waals surface area contributed by atoms with Crippen molar-refractivity contribution >= 4 is 5.97 Å². The maximum atomic E-state index is 10.8. The Morgan fingerprint density at radius 1 is 1.22 bits per heavy atom. The Balaban J connectivity index is -0.00000112. The molecule has 0 rings (SSSR count). The Morgan fingerprint density at radius 2 is 1.78 bits per heavy atom. The number of methoxy groups -OCH3 is 1. The first-order valence-corrected chi connectivity index (χ1v) is 5.90. The van der Waals surface area contributed by atoms with Crippen LogP contribution in [-0.4, -0.2) is 36.4 Å². The van der Waals surface area contributed by atoms with Crippen LogP contribution in [0, 0.1) is 0 Å². The number of esters is 1. The number of quaternary nitrogens is 2. The van der Waals surface area contributed by atoms with Crippen molar-refractivity contribution < 1.29 is 50.9 Å². The Labute approximate surface area is 121 Å². The second-order valence-corrected chi connectivity index (χ2v) is 4.34. The van der Waals surface area contributed by atoms with Gasteiger partial charge in [-0.25, -0.2) is 0 Å². The summed E-state index contributed by atoms with van der Waals surface area (Å²) in [6.07, 6.45) is 3.90. The van der Waals surface area contributed by atoms with Crippen LogP contribution >= 0.6 is 0 Å². The van der Waals surface area contributed by atoms with Crippen molar-refractivity contribution in [3.8, 4) is 0 Å². The first kappa shape index (κ1) is 23.1. The molecule has 5 nitrogen and oxygen atoms in total. The van der Waals surface area contributed by atoms with Crippen molar-refractivity contribution in [1.29, 1.82) is 0 Å². The predicted octanol–water partition coefficient (Wildman–Crippen LogP) is -7.28. The van der Waals surface area contributed by atoms with Crippen LogP contribution in [0.3, 0.4) is 0 Å². The number of unbranched alkanes of at least 4 members (excludes halogenated alkanes) is 2. The summed E-state index contributed by atoms with van der Waals surface area (Å²) in [5.74, 6) is -0.148. The third-order valence-electron chi connectivity index (χ3n) is 2.91. The standard InChI is InChI=1S/C11H24N2O3.2ClH/c1-8(14)11(13)9(12)6-4-3-5-7-10(15)16-2;;/h8-9,11,14H,3-7,12-13H2,1-2H3;2*1H. The molecular formula is C11H26Cl2N2O3. The molecule has 0 aliphatic carbocycles. The molecule has 0 spiro atoms. The molecule has 0 heterocycles. The lowest BCUT2D eigenvalue weighted by Crippen LogP contribution is -3.00. The highest BCUT2D eigenvalue weighted by Gasteiger charge is 2.24. The maximum Gasteiger partial charge on any atom is 0.305 e. The van der Waals surface area contributed by atoms with Gasteiger partial charge in [0.15, 0.2) is 6.04 Å². The molecule has 0 aromatic rings. The van der Waals surface area contributed by atoms with Gasteiger partial charge in [-0.1, -0.05) is 6.42 Å². The van der Waals surface area contributed by atoms with Crippen LogP contribution in [0.15, 0.2) is 0 Å². The molecule has 0 aliphatic rings. The third-order valence-corrected chi connectivity index (χ3v) is 2.91. The first-order valence-electron chi connectivity index (χ1n) is 5.90. The Hall–Kier alpha value is -0.0700. The molecule has 18 heavy (non-hydrogen) atoms. The van der Waals surface area contributed by atoms with E-state index in [1.807, 2.05) is 0 Å². The highest BCUT2D eigenvalue weighted by molar-refractivity contribution is 5.68. The second-order valence-electron chi connectivity index (χ2n) is 4.34. The largest absolute Gasteiger partial charge is 1.00 e. The van der Waals surface area contributed by atoms with Crippen LogP contribution in [0.25, 0.3) is 0 Å². The number of aliphatic hydroxyl groups excluding tert-OH is 1. The first-order chi connectivity index (χ1) is 7.49. The van der Waals surface area contributed by atoms with Gasteiger partial charge in [0, 0.05) is 12.8 Å². The average Bonchev–Trinajstić information content (AvgIpc) is 2.26. The van der Waals surface area contributed by atoms with Crippen molar-refractivity contribution in [3.63, 3.8) is 0 Å². The van der Waals surface area contributed by atoms with Crippen LogP contribution in [0.1, 0.15) is 39.0 Å². The number of carbonyl (C=O) groups is 1. The van der Waals surface area contributed by atoms with Crippen molar-refractivity contribution in [2.45, 2.75) is 57.2 Å². The number of halogens is 2. The number of aliphatic hydroxyl groups is 1. The summed E-state index contributed by atoms with van der Waals surface area (Å²) < 4.78 is 4.55. The summed E-state index contributed by atoms with van der Waals surface area (Å²) in [4.78, 5) is 10.8. The zero-order valence-electron chi connectivity index (χ0n) is 11.2. The number of ether oxygens (including phenoxy) is 1. The van der Waals surface area contributed by atoms with Gasteiger partial charge in [0.2, 0.25) is 0 Å². The lowest BCUT2D eigenvalue weighted by atomic mass is 9.99. The van der Waals surface area contributed by atoms with E-state index in [2.05, 4.69) is 16.2 Å². The van der Waals surface area contributed by atoms with Crippen LogP contribution < -0.4 is 36.3 Å². The predicted molar refractivity (Wildman–Crippen MR) is 60.1 cm³/mol. The average molecular weight is 305 g/mol. The molecule has 0 fully saturated rings. The fourth-order valence-corrected chi connectivity index (χ4v) is 1.56. The molecular weight excluding hydrogens is 279 g/mol. The zero-order valence-corrected chi connectivity index (χ0v) is 12.7. The van der Waals surface area contributed by atoms with Crippen molar-refractivity contribution in [1.82, 2.24) is 0 Å². The van der Waals surface area contributed by atoms with Gasteiger partial charge in [-0.2, -0.15) is 0 Å². The Morgan fingerprint density at radius 3 is 2.22 bits per heavy atom. The second kappa shape index (κ2) is 13.4. The smallest absolute Gasteiger partial charge is 0.305 e. The van der Waals surface area contributed by atoms with Gasteiger partial charge in [-0.15, -0.1) is 0 Å². The number of carbonyl (C=O) groups excluding carboxylic acids is 1. The minimum atomic E-state index is -0.405. The number of hydrogen-bond donors (Lipinski definition) is 3. The fourth-order valence-electron chi connectivity index (χ4n) is 1.56. The molecule has 112 valence electrons. The van der Waals surface area contributed by atoms with E-state index in [0.717, 1.165) is 25.7 Å². The fraction of sp³-hybridized carbons (Fsp3) is 0.909. The SMILES string of the molecule is COC(=O)CCCCCC([NH3+])C([NH3+])C(C)O.[Cl-].[Cl-]. The van der Waals surface area contributed by atoms with Gasteiger partial charge >= 0.3 is 5.97 Å². The molecule has 0 aromatic heterocycles. The van der Waals surface area contributed by atoms with E-state index in [9.17, 15) is 9.90 Å². The molecule has 0 amide bonds. The quantitative estimate of drug-likeness (QED) is 0.307. The summed E-state index contributed by atoms with van der Waals surface area (Å²) in [5, 5.41) is 9.34. The minimum absolute atomic E-state index is 0. The third kappa shape index (κ3) is 11.0. The van der Waals surface area contributed by atoms with E-state index in [0.29, 0.717) is 6.42 Å². The van der Waals surface area contributed by atoms with Crippen molar-refractivity contribution in [2.75, 3.05) is 7.11 Å². The van der Waals surface area contributed by atoms with E-state index in [-0.39, 0.29) is 42.9 Å². The van der Waals surface area contributed by atoms with E-state index in [1.165, 1.54) is 7.11 Å². The van der Waals surface area contributed by atoms with Gasteiger partial charge < -0.3 is 46.1 Å². The maximum absolute atomic E-state index is 10.8. The van der Waals surface area contributed by atoms with E-state index in [4.69, 9.17) is 0 Å². The molecule has 0 aliphatic heterocycles. The van der Waals surface area contributed by atoms with Crippen LogP contribution in [0.5, 0.6) is 0 Å². The molecule has 0 radical (unpaired) electrons.